The number of piperidine rings is 1. The van der Waals surface area contributed by atoms with Crippen LogP contribution in [0.15, 0.2) is 34.1 Å². The number of sulfonamides is 1. The molecular formula is C16H27ClN2O5S2. The van der Waals surface area contributed by atoms with Crippen molar-refractivity contribution in [1.29, 1.82) is 0 Å². The molecule has 1 aliphatic rings. The van der Waals surface area contributed by atoms with E-state index in [-0.39, 0.29) is 39.9 Å². The molecule has 0 aromatic heterocycles. The highest BCUT2D eigenvalue weighted by Crippen LogP contribution is 2.29. The second kappa shape index (κ2) is 9.48. The summed E-state index contributed by atoms with van der Waals surface area (Å²) < 4.78 is 57.1. The van der Waals surface area contributed by atoms with E-state index in [1.54, 1.807) is 7.11 Å². The third kappa shape index (κ3) is 5.64. The lowest BCUT2D eigenvalue weighted by Crippen LogP contribution is -2.47. The van der Waals surface area contributed by atoms with Crippen molar-refractivity contribution < 1.29 is 21.6 Å². The van der Waals surface area contributed by atoms with E-state index in [1.165, 1.54) is 31.2 Å². The number of hydrogen-bond acceptors (Lipinski definition) is 6. The van der Waals surface area contributed by atoms with Gasteiger partial charge in [0.25, 0.3) is 0 Å². The lowest BCUT2D eigenvalue weighted by atomic mass is 9.80. The van der Waals surface area contributed by atoms with Crippen molar-refractivity contribution in [3.05, 3.63) is 24.3 Å². The number of rotatable bonds is 8. The molecule has 1 aromatic rings. The lowest BCUT2D eigenvalue weighted by Gasteiger charge is -2.37. The van der Waals surface area contributed by atoms with E-state index < -0.39 is 19.9 Å². The highest BCUT2D eigenvalue weighted by molar-refractivity contribution is 7.91. The van der Waals surface area contributed by atoms with E-state index >= 15 is 0 Å². The zero-order valence-corrected chi connectivity index (χ0v) is 17.5. The summed E-state index contributed by atoms with van der Waals surface area (Å²) in [4.78, 5) is -0.0186. The minimum Gasteiger partial charge on any atom is -0.384 e. The Kier molecular flexibility index (Phi) is 8.50. The van der Waals surface area contributed by atoms with Gasteiger partial charge >= 0.3 is 0 Å². The number of methoxy groups -OCH3 is 1. The molecule has 2 N–H and O–H groups in total. The van der Waals surface area contributed by atoms with Gasteiger partial charge in [-0.3, -0.25) is 0 Å². The van der Waals surface area contributed by atoms with E-state index in [0.717, 1.165) is 25.9 Å². The fourth-order valence-electron chi connectivity index (χ4n) is 2.97. The first-order valence-electron chi connectivity index (χ1n) is 8.27. The number of hydrogen-bond donors (Lipinski definition) is 2. The Morgan fingerprint density at radius 1 is 1.15 bits per heavy atom. The summed E-state index contributed by atoms with van der Waals surface area (Å²) >= 11 is 0. The van der Waals surface area contributed by atoms with Crippen LogP contribution >= 0.6 is 12.4 Å². The van der Waals surface area contributed by atoms with Gasteiger partial charge in [-0.05, 0) is 44.1 Å². The lowest BCUT2D eigenvalue weighted by molar-refractivity contribution is 0.0577. The molecule has 0 amide bonds. The molecule has 0 bridgehead atoms. The summed E-state index contributed by atoms with van der Waals surface area (Å²) in [6.45, 7) is 3.89. The second-order valence-corrected chi connectivity index (χ2v) is 10.4. The smallest absolute Gasteiger partial charge is 0.240 e. The molecule has 1 aromatic carbocycles. The van der Waals surface area contributed by atoms with Crippen molar-refractivity contribution in [1.82, 2.24) is 10.0 Å². The van der Waals surface area contributed by atoms with Crippen LogP contribution in [-0.2, 0) is 24.6 Å². The fraction of sp³-hybridized carbons (Fsp3) is 0.625. The van der Waals surface area contributed by atoms with Gasteiger partial charge in [-0.25, -0.2) is 21.6 Å². The quantitative estimate of drug-likeness (QED) is 0.647. The van der Waals surface area contributed by atoms with Crippen LogP contribution in [0.4, 0.5) is 0 Å². The number of sulfone groups is 1. The molecule has 26 heavy (non-hydrogen) atoms. The van der Waals surface area contributed by atoms with Crippen LogP contribution < -0.4 is 10.0 Å². The highest BCUT2D eigenvalue weighted by Gasteiger charge is 2.33. The first-order valence-corrected chi connectivity index (χ1v) is 11.4. The van der Waals surface area contributed by atoms with Crippen molar-refractivity contribution in [2.24, 2.45) is 5.41 Å². The maximum absolute atomic E-state index is 12.6. The predicted octanol–water partition coefficient (Wildman–Crippen LogP) is 1.20. The summed E-state index contributed by atoms with van der Waals surface area (Å²) in [7, 11) is -5.65. The zero-order chi connectivity index (χ0) is 18.6. The first kappa shape index (κ1) is 23.3. The third-order valence-corrected chi connectivity index (χ3v) is 7.74. The van der Waals surface area contributed by atoms with Crippen LogP contribution in [0.3, 0.4) is 0 Å². The van der Waals surface area contributed by atoms with Crippen molar-refractivity contribution >= 4 is 32.3 Å². The molecule has 2 rings (SSSR count). The normalized spacial score (nSPS) is 17.5. The van der Waals surface area contributed by atoms with E-state index in [0.29, 0.717) is 6.61 Å². The van der Waals surface area contributed by atoms with Crippen LogP contribution in [0, 0.1) is 5.41 Å². The summed E-state index contributed by atoms with van der Waals surface area (Å²) in [6, 6.07) is 5.48. The largest absolute Gasteiger partial charge is 0.384 e. The van der Waals surface area contributed by atoms with Crippen LogP contribution in [0.5, 0.6) is 0 Å². The summed E-state index contributed by atoms with van der Waals surface area (Å²) in [5.41, 5.74) is -0.250. The molecule has 0 unspecified atom stereocenters. The molecule has 0 radical (unpaired) electrons. The maximum atomic E-state index is 12.6. The predicted molar refractivity (Wildman–Crippen MR) is 103 cm³/mol. The summed E-state index contributed by atoms with van der Waals surface area (Å²) in [5.74, 6) is -0.0755. The zero-order valence-electron chi connectivity index (χ0n) is 15.0. The Morgan fingerprint density at radius 2 is 1.77 bits per heavy atom. The summed E-state index contributed by atoms with van der Waals surface area (Å²) in [6.07, 6.45) is 1.63. The van der Waals surface area contributed by atoms with Gasteiger partial charge in [0.15, 0.2) is 9.84 Å². The topological polar surface area (TPSA) is 102 Å². The van der Waals surface area contributed by atoms with Crippen LogP contribution in [0.2, 0.25) is 0 Å². The standard InChI is InChI=1S/C16H26N2O5S2.ClH/c1-3-24(19,20)14-5-4-6-15(11-14)25(21,22)18-12-16(13-23-2)7-9-17-10-8-16;/h4-6,11,17-18H,3,7-10,12-13H2,1-2H3;1H. The SMILES string of the molecule is CCS(=O)(=O)c1cccc(S(=O)(=O)NCC2(COC)CCNCC2)c1.Cl. The van der Waals surface area contributed by atoms with E-state index in [2.05, 4.69) is 10.0 Å². The third-order valence-electron chi connectivity index (χ3n) is 4.61. The second-order valence-electron chi connectivity index (χ2n) is 6.39. The molecule has 1 heterocycles. The minimum absolute atomic E-state index is 0. The average Bonchev–Trinajstić information content (AvgIpc) is 2.61. The molecule has 150 valence electrons. The van der Waals surface area contributed by atoms with Crippen LogP contribution in [0.1, 0.15) is 19.8 Å². The molecule has 0 saturated carbocycles. The van der Waals surface area contributed by atoms with Crippen LogP contribution in [0.25, 0.3) is 0 Å². The van der Waals surface area contributed by atoms with Gasteiger partial charge in [-0.15, -0.1) is 12.4 Å². The van der Waals surface area contributed by atoms with Crippen molar-refractivity contribution in [3.63, 3.8) is 0 Å². The Morgan fingerprint density at radius 3 is 2.35 bits per heavy atom. The number of halogens is 1. The molecule has 1 saturated heterocycles. The highest BCUT2D eigenvalue weighted by atomic mass is 35.5. The molecular weight excluding hydrogens is 400 g/mol. The number of ether oxygens (including phenoxy) is 1. The number of benzene rings is 1. The molecule has 0 atom stereocenters. The van der Waals surface area contributed by atoms with Gasteiger partial charge in [-0.2, -0.15) is 0 Å². The molecule has 0 spiro atoms. The van der Waals surface area contributed by atoms with Gasteiger partial charge in [0.1, 0.15) is 0 Å². The molecule has 1 fully saturated rings. The first-order chi connectivity index (χ1) is 11.7. The molecule has 10 heteroatoms. The average molecular weight is 427 g/mol. The molecule has 1 aliphatic heterocycles. The van der Waals surface area contributed by atoms with E-state index in [9.17, 15) is 16.8 Å². The molecule has 7 nitrogen and oxygen atoms in total. The number of nitrogens with one attached hydrogen (secondary N) is 2. The van der Waals surface area contributed by atoms with Gasteiger partial charge in [0, 0.05) is 19.1 Å². The summed E-state index contributed by atoms with van der Waals surface area (Å²) in [5, 5.41) is 3.26. The molecule has 0 aliphatic carbocycles. The van der Waals surface area contributed by atoms with Gasteiger partial charge in [0.05, 0.1) is 22.2 Å². The monoisotopic (exact) mass is 426 g/mol. The van der Waals surface area contributed by atoms with Gasteiger partial charge in [-0.1, -0.05) is 13.0 Å². The fourth-order valence-corrected chi connectivity index (χ4v) is 5.17. The Bertz CT molecular complexity index is 785. The van der Waals surface area contributed by atoms with Crippen molar-refractivity contribution in [2.45, 2.75) is 29.6 Å². The van der Waals surface area contributed by atoms with E-state index in [4.69, 9.17) is 4.74 Å². The Balaban J connectivity index is 0.00000338. The Labute approximate surface area is 162 Å². The Hall–Kier alpha value is -0.710. The van der Waals surface area contributed by atoms with Crippen LogP contribution in [-0.4, -0.2) is 55.9 Å². The minimum atomic E-state index is -3.80. The maximum Gasteiger partial charge on any atom is 0.240 e. The van der Waals surface area contributed by atoms with Gasteiger partial charge < -0.3 is 10.1 Å². The van der Waals surface area contributed by atoms with E-state index in [1.807, 2.05) is 0 Å². The van der Waals surface area contributed by atoms with Crippen molar-refractivity contribution in [2.75, 3.05) is 39.1 Å². The van der Waals surface area contributed by atoms with Gasteiger partial charge in [0.2, 0.25) is 10.0 Å². The van der Waals surface area contributed by atoms with Crippen molar-refractivity contribution in [3.8, 4) is 0 Å².